The molecule has 0 unspecified atom stereocenters. The van der Waals surface area contributed by atoms with Crippen LogP contribution in [0.3, 0.4) is 0 Å². The van der Waals surface area contributed by atoms with Gasteiger partial charge >= 0.3 is 0 Å². The number of nitrogens with zero attached hydrogens (tertiary/aromatic N) is 6. The number of benzene rings is 5. The van der Waals surface area contributed by atoms with Gasteiger partial charge in [0.05, 0.1) is 0 Å². The summed E-state index contributed by atoms with van der Waals surface area (Å²) < 4.78 is 0. The minimum absolute atomic E-state index is 0.699. The molecule has 5 aromatic carbocycles. The second-order valence-electron chi connectivity index (χ2n) is 12.9. The molecule has 0 saturated carbocycles. The SMILES string of the molecule is c1cnc(-c2ccc(-c3cc(-c4ccc(-c5ncccn5)cc4)c(-c4ccc(-c5ccncc5)cc4)cc3-c3ccc(-c4ccncc4)cc3)cc2)nc1. The predicted octanol–water partition coefficient (Wildman–Crippen LogP) is 11.4. The Bertz CT molecular complexity index is 2260. The van der Waals surface area contributed by atoms with Gasteiger partial charge in [0.2, 0.25) is 0 Å². The molecular formula is C48H32N6. The van der Waals surface area contributed by atoms with Crippen LogP contribution in [0.15, 0.2) is 195 Å². The molecule has 254 valence electrons. The average molecular weight is 693 g/mol. The first-order valence-electron chi connectivity index (χ1n) is 17.7. The smallest absolute Gasteiger partial charge is 0.159 e. The highest BCUT2D eigenvalue weighted by atomic mass is 14.9. The van der Waals surface area contributed by atoms with Gasteiger partial charge in [-0.3, -0.25) is 9.97 Å². The van der Waals surface area contributed by atoms with E-state index in [0.29, 0.717) is 11.6 Å². The summed E-state index contributed by atoms with van der Waals surface area (Å²) in [5.41, 5.74) is 15.4. The lowest BCUT2D eigenvalue weighted by molar-refractivity contribution is 1.18. The van der Waals surface area contributed by atoms with Crippen LogP contribution >= 0.6 is 0 Å². The molecule has 0 bridgehead atoms. The van der Waals surface area contributed by atoms with Crippen LogP contribution < -0.4 is 0 Å². The van der Waals surface area contributed by atoms with Crippen LogP contribution in [0.5, 0.6) is 0 Å². The van der Waals surface area contributed by atoms with Crippen molar-refractivity contribution in [3.8, 4) is 89.5 Å². The Kier molecular flexibility index (Phi) is 8.81. The zero-order valence-electron chi connectivity index (χ0n) is 29.2. The van der Waals surface area contributed by atoms with Gasteiger partial charge in [0.15, 0.2) is 11.6 Å². The van der Waals surface area contributed by atoms with Gasteiger partial charge in [0, 0.05) is 60.7 Å². The van der Waals surface area contributed by atoms with E-state index in [2.05, 4.69) is 139 Å². The van der Waals surface area contributed by atoms with E-state index >= 15 is 0 Å². The van der Waals surface area contributed by atoms with Gasteiger partial charge in [0.25, 0.3) is 0 Å². The van der Waals surface area contributed by atoms with Crippen molar-refractivity contribution in [1.29, 1.82) is 0 Å². The van der Waals surface area contributed by atoms with Crippen LogP contribution in [0.2, 0.25) is 0 Å². The van der Waals surface area contributed by atoms with Gasteiger partial charge in [-0.15, -0.1) is 0 Å². The van der Waals surface area contributed by atoms with Crippen LogP contribution in [-0.4, -0.2) is 29.9 Å². The van der Waals surface area contributed by atoms with Crippen LogP contribution in [-0.2, 0) is 0 Å². The van der Waals surface area contributed by atoms with Gasteiger partial charge in [0.1, 0.15) is 0 Å². The van der Waals surface area contributed by atoms with Crippen molar-refractivity contribution < 1.29 is 0 Å². The van der Waals surface area contributed by atoms with Crippen molar-refractivity contribution in [2.24, 2.45) is 0 Å². The molecule has 0 radical (unpaired) electrons. The largest absolute Gasteiger partial charge is 0.265 e. The first-order valence-corrected chi connectivity index (χ1v) is 17.7. The Morgan fingerprint density at radius 2 is 0.463 bits per heavy atom. The lowest BCUT2D eigenvalue weighted by Crippen LogP contribution is -1.94. The quantitative estimate of drug-likeness (QED) is 0.158. The lowest BCUT2D eigenvalue weighted by atomic mass is 9.85. The first kappa shape index (κ1) is 32.5. The molecular weight excluding hydrogens is 661 g/mol. The molecule has 4 aromatic heterocycles. The molecule has 4 heterocycles. The molecule has 54 heavy (non-hydrogen) atoms. The highest BCUT2D eigenvalue weighted by Gasteiger charge is 2.17. The van der Waals surface area contributed by atoms with Gasteiger partial charge < -0.3 is 0 Å². The second kappa shape index (κ2) is 14.7. The number of aromatic nitrogens is 6. The molecule has 0 aliphatic carbocycles. The molecule has 6 nitrogen and oxygen atoms in total. The summed E-state index contributed by atoms with van der Waals surface area (Å²) in [5, 5.41) is 0. The molecule has 6 heteroatoms. The van der Waals surface area contributed by atoms with Crippen LogP contribution in [0, 0.1) is 0 Å². The summed E-state index contributed by atoms with van der Waals surface area (Å²) in [4.78, 5) is 26.3. The number of hydrogen-bond acceptors (Lipinski definition) is 6. The maximum atomic E-state index is 4.48. The minimum atomic E-state index is 0.699. The monoisotopic (exact) mass is 692 g/mol. The predicted molar refractivity (Wildman–Crippen MR) is 217 cm³/mol. The van der Waals surface area contributed by atoms with E-state index < -0.39 is 0 Å². The van der Waals surface area contributed by atoms with Crippen molar-refractivity contribution in [2.75, 3.05) is 0 Å². The average Bonchev–Trinajstić information content (AvgIpc) is 3.27. The first-order chi connectivity index (χ1) is 26.8. The van der Waals surface area contributed by atoms with Crippen molar-refractivity contribution in [1.82, 2.24) is 29.9 Å². The Morgan fingerprint density at radius 1 is 0.222 bits per heavy atom. The molecule has 0 saturated heterocycles. The third kappa shape index (κ3) is 6.67. The fraction of sp³-hybridized carbons (Fsp3) is 0. The van der Waals surface area contributed by atoms with Crippen LogP contribution in [0.4, 0.5) is 0 Å². The molecule has 0 aliphatic rings. The van der Waals surface area contributed by atoms with Gasteiger partial charge in [-0.25, -0.2) is 19.9 Å². The van der Waals surface area contributed by atoms with Crippen molar-refractivity contribution in [3.63, 3.8) is 0 Å². The molecule has 9 rings (SSSR count). The normalized spacial score (nSPS) is 11.0. The summed E-state index contributed by atoms with van der Waals surface area (Å²) >= 11 is 0. The number of hydrogen-bond donors (Lipinski definition) is 0. The fourth-order valence-corrected chi connectivity index (χ4v) is 6.82. The fourth-order valence-electron chi connectivity index (χ4n) is 6.82. The summed E-state index contributed by atoms with van der Waals surface area (Å²) in [5.74, 6) is 1.40. The highest BCUT2D eigenvalue weighted by Crippen LogP contribution is 2.43. The molecule has 0 fully saturated rings. The third-order valence-corrected chi connectivity index (χ3v) is 9.62. The Hall–Kier alpha value is -7.44. The topological polar surface area (TPSA) is 77.3 Å². The second-order valence-corrected chi connectivity index (χ2v) is 12.9. The van der Waals surface area contributed by atoms with Crippen LogP contribution in [0.1, 0.15) is 0 Å². The van der Waals surface area contributed by atoms with Crippen molar-refractivity contribution in [3.05, 3.63) is 195 Å². The highest BCUT2D eigenvalue weighted by molar-refractivity contribution is 5.96. The maximum Gasteiger partial charge on any atom is 0.159 e. The third-order valence-electron chi connectivity index (χ3n) is 9.62. The number of pyridine rings is 2. The Labute approximate surface area is 313 Å². The summed E-state index contributed by atoms with van der Waals surface area (Å²) in [7, 11) is 0. The van der Waals surface area contributed by atoms with Gasteiger partial charge in [-0.2, -0.15) is 0 Å². The molecule has 0 atom stereocenters. The summed E-state index contributed by atoms with van der Waals surface area (Å²) in [6.45, 7) is 0. The standard InChI is InChI=1S/C48H32N6/c1-23-51-47(52-24-1)41-15-11-39(12-16-41)45-32-46(40-13-17-42(18-14-40)48-53-25-2-26-54-48)44(38-9-5-34(6-10-38)36-21-29-50-30-22-36)31-43(45)37-7-3-33(4-8-37)35-19-27-49-28-20-35/h1-32H. The lowest BCUT2D eigenvalue weighted by Gasteiger charge is -2.19. The van der Waals surface area contributed by atoms with E-state index in [1.54, 1.807) is 24.8 Å². The van der Waals surface area contributed by atoms with Crippen LogP contribution in [0.25, 0.3) is 89.5 Å². The van der Waals surface area contributed by atoms with E-state index in [1.807, 2.05) is 61.2 Å². The van der Waals surface area contributed by atoms with E-state index in [1.165, 1.54) is 0 Å². The summed E-state index contributed by atoms with van der Waals surface area (Å²) in [6.07, 6.45) is 14.4. The van der Waals surface area contributed by atoms with E-state index in [0.717, 1.165) is 77.9 Å². The van der Waals surface area contributed by atoms with E-state index in [4.69, 9.17) is 0 Å². The van der Waals surface area contributed by atoms with Crippen molar-refractivity contribution >= 4 is 0 Å². The Morgan fingerprint density at radius 3 is 0.759 bits per heavy atom. The summed E-state index contributed by atoms with van der Waals surface area (Å²) in [6, 6.07) is 51.1. The van der Waals surface area contributed by atoms with E-state index in [9.17, 15) is 0 Å². The number of rotatable bonds is 8. The van der Waals surface area contributed by atoms with Gasteiger partial charge in [-0.05, 0) is 115 Å². The molecule has 0 aliphatic heterocycles. The zero-order chi connectivity index (χ0) is 36.1. The minimum Gasteiger partial charge on any atom is -0.265 e. The Balaban J connectivity index is 1.23. The molecule has 0 spiro atoms. The molecule has 0 N–H and O–H groups in total. The van der Waals surface area contributed by atoms with Gasteiger partial charge in [-0.1, -0.05) is 97.1 Å². The zero-order valence-corrected chi connectivity index (χ0v) is 29.2. The maximum absolute atomic E-state index is 4.48. The molecule has 0 amide bonds. The van der Waals surface area contributed by atoms with Crippen molar-refractivity contribution in [2.45, 2.75) is 0 Å². The van der Waals surface area contributed by atoms with E-state index in [-0.39, 0.29) is 0 Å². The molecule has 9 aromatic rings.